The van der Waals surface area contributed by atoms with Crippen LogP contribution in [0.15, 0.2) is 18.3 Å². The van der Waals surface area contributed by atoms with Crippen molar-refractivity contribution in [3.8, 4) is 0 Å². The lowest BCUT2D eigenvalue weighted by Crippen LogP contribution is -2.46. The number of aliphatic hydroxyl groups is 1. The van der Waals surface area contributed by atoms with Crippen molar-refractivity contribution in [2.75, 3.05) is 6.61 Å². The van der Waals surface area contributed by atoms with Crippen LogP contribution in [0.2, 0.25) is 0 Å². The Morgan fingerprint density at radius 3 is 2.84 bits per heavy atom. The number of pyridine rings is 1. The van der Waals surface area contributed by atoms with Crippen molar-refractivity contribution in [3.05, 3.63) is 35.5 Å². The first-order valence-electron chi connectivity index (χ1n) is 5.91. The number of hydrogen-bond donors (Lipinski definition) is 2. The molecule has 0 aliphatic carbocycles. The summed E-state index contributed by atoms with van der Waals surface area (Å²) in [6.45, 7) is 4.89. The van der Waals surface area contributed by atoms with E-state index in [2.05, 4.69) is 10.3 Å². The van der Waals surface area contributed by atoms with E-state index in [-0.39, 0.29) is 12.3 Å². The first-order chi connectivity index (χ1) is 8.84. The number of rotatable bonds is 3. The van der Waals surface area contributed by atoms with Crippen molar-refractivity contribution in [1.29, 1.82) is 0 Å². The van der Waals surface area contributed by atoms with E-state index < -0.39 is 17.3 Å². The molecule has 0 fully saturated rings. The van der Waals surface area contributed by atoms with Crippen LogP contribution in [0.3, 0.4) is 0 Å². The number of nitrogens with zero attached hydrogens (tertiary/aromatic N) is 2. The zero-order valence-corrected chi connectivity index (χ0v) is 11.1. The van der Waals surface area contributed by atoms with Crippen molar-refractivity contribution in [1.82, 2.24) is 14.7 Å². The van der Waals surface area contributed by atoms with Gasteiger partial charge in [-0.25, -0.2) is 9.37 Å². The number of aryl methyl sites for hydroxylation is 1. The van der Waals surface area contributed by atoms with Gasteiger partial charge in [-0.15, -0.1) is 0 Å². The molecule has 102 valence electrons. The highest BCUT2D eigenvalue weighted by Gasteiger charge is 2.24. The minimum atomic E-state index is -0.749. The van der Waals surface area contributed by atoms with E-state index in [1.807, 2.05) is 0 Å². The molecule has 2 aromatic heterocycles. The number of fused-ring (bicyclic) bond motifs is 1. The highest BCUT2D eigenvalue weighted by atomic mass is 19.1. The molecule has 2 rings (SSSR count). The second-order valence-electron chi connectivity index (χ2n) is 5.12. The number of aliphatic hydroxyl groups excluding tert-OH is 1. The number of carbonyl (C=O) groups is 1. The second-order valence-corrected chi connectivity index (χ2v) is 5.12. The van der Waals surface area contributed by atoms with E-state index in [0.717, 1.165) is 0 Å². The van der Waals surface area contributed by atoms with Gasteiger partial charge < -0.3 is 10.4 Å². The molecule has 0 radical (unpaired) electrons. The Labute approximate surface area is 110 Å². The van der Waals surface area contributed by atoms with Gasteiger partial charge in [0.25, 0.3) is 5.91 Å². The number of hydrogen-bond acceptors (Lipinski definition) is 3. The normalized spacial score (nSPS) is 11.8. The summed E-state index contributed by atoms with van der Waals surface area (Å²) < 4.78 is 14.7. The minimum Gasteiger partial charge on any atom is -0.394 e. The number of aromatic nitrogens is 2. The van der Waals surface area contributed by atoms with E-state index in [4.69, 9.17) is 5.11 Å². The zero-order valence-electron chi connectivity index (χ0n) is 11.1. The Balaban J connectivity index is 2.47. The molecule has 0 atom stereocenters. The Morgan fingerprint density at radius 1 is 1.53 bits per heavy atom. The molecule has 0 aliphatic rings. The molecule has 6 heteroatoms. The van der Waals surface area contributed by atoms with Crippen LogP contribution in [0, 0.1) is 12.7 Å². The van der Waals surface area contributed by atoms with Crippen molar-refractivity contribution in [2.45, 2.75) is 26.3 Å². The van der Waals surface area contributed by atoms with Gasteiger partial charge in [0.2, 0.25) is 0 Å². The average Bonchev–Trinajstić information content (AvgIpc) is 2.64. The predicted molar refractivity (Wildman–Crippen MR) is 68.5 cm³/mol. The second kappa shape index (κ2) is 4.62. The SMILES string of the molecule is Cc1nc2ccc(F)cn2c1C(=O)NC(C)(C)CO. The van der Waals surface area contributed by atoms with Gasteiger partial charge in [-0.3, -0.25) is 9.20 Å². The molecular formula is C13H16FN3O2. The smallest absolute Gasteiger partial charge is 0.270 e. The van der Waals surface area contributed by atoms with Crippen LogP contribution in [0.4, 0.5) is 4.39 Å². The number of imidazole rings is 1. The number of carbonyl (C=O) groups excluding carboxylic acids is 1. The molecule has 2 heterocycles. The topological polar surface area (TPSA) is 66.6 Å². The molecule has 0 saturated heterocycles. The van der Waals surface area contributed by atoms with Gasteiger partial charge in [0.05, 0.1) is 17.8 Å². The number of nitrogens with one attached hydrogen (secondary N) is 1. The van der Waals surface area contributed by atoms with Crippen LogP contribution in [-0.4, -0.2) is 32.5 Å². The van der Waals surface area contributed by atoms with Gasteiger partial charge in [-0.2, -0.15) is 0 Å². The fraction of sp³-hybridized carbons (Fsp3) is 0.385. The molecule has 1 amide bonds. The van der Waals surface area contributed by atoms with Crippen LogP contribution in [0.5, 0.6) is 0 Å². The number of amides is 1. The largest absolute Gasteiger partial charge is 0.394 e. The summed E-state index contributed by atoms with van der Waals surface area (Å²) in [6, 6.07) is 2.80. The highest BCUT2D eigenvalue weighted by molar-refractivity contribution is 5.95. The third-order valence-electron chi connectivity index (χ3n) is 2.82. The molecule has 0 spiro atoms. The molecule has 0 unspecified atom stereocenters. The lowest BCUT2D eigenvalue weighted by Gasteiger charge is -2.23. The lowest BCUT2D eigenvalue weighted by atomic mass is 10.1. The number of halogens is 1. The molecule has 0 bridgehead atoms. The summed E-state index contributed by atoms with van der Waals surface area (Å²) >= 11 is 0. The van der Waals surface area contributed by atoms with Crippen LogP contribution in [0.1, 0.15) is 30.0 Å². The maximum Gasteiger partial charge on any atom is 0.270 e. The molecule has 19 heavy (non-hydrogen) atoms. The summed E-state index contributed by atoms with van der Waals surface area (Å²) in [5, 5.41) is 11.9. The van der Waals surface area contributed by atoms with E-state index in [1.54, 1.807) is 20.8 Å². The molecule has 0 saturated carbocycles. The Bertz CT molecular complexity index is 634. The van der Waals surface area contributed by atoms with Gasteiger partial charge in [0.15, 0.2) is 0 Å². The summed E-state index contributed by atoms with van der Waals surface area (Å²) in [5.41, 5.74) is 0.541. The van der Waals surface area contributed by atoms with Gasteiger partial charge in [0, 0.05) is 6.20 Å². The monoisotopic (exact) mass is 265 g/mol. The van der Waals surface area contributed by atoms with Gasteiger partial charge >= 0.3 is 0 Å². The molecule has 0 aliphatic heterocycles. The van der Waals surface area contributed by atoms with E-state index in [1.165, 1.54) is 22.7 Å². The van der Waals surface area contributed by atoms with Crippen molar-refractivity contribution in [3.63, 3.8) is 0 Å². The Hall–Kier alpha value is -1.95. The Morgan fingerprint density at radius 2 is 2.21 bits per heavy atom. The first kappa shape index (κ1) is 13.5. The summed E-state index contributed by atoms with van der Waals surface area (Å²) in [7, 11) is 0. The summed E-state index contributed by atoms with van der Waals surface area (Å²) in [5.74, 6) is -0.838. The highest BCUT2D eigenvalue weighted by Crippen LogP contribution is 2.14. The molecular weight excluding hydrogens is 249 g/mol. The summed E-state index contributed by atoms with van der Waals surface area (Å²) in [6.07, 6.45) is 1.22. The van der Waals surface area contributed by atoms with Crippen LogP contribution < -0.4 is 5.32 Å². The minimum absolute atomic E-state index is 0.192. The van der Waals surface area contributed by atoms with Crippen LogP contribution >= 0.6 is 0 Å². The molecule has 0 aromatic carbocycles. The summed E-state index contributed by atoms with van der Waals surface area (Å²) in [4.78, 5) is 16.4. The van der Waals surface area contributed by atoms with E-state index in [0.29, 0.717) is 11.3 Å². The predicted octanol–water partition coefficient (Wildman–Crippen LogP) is 1.28. The third-order valence-corrected chi connectivity index (χ3v) is 2.82. The molecule has 2 N–H and O–H groups in total. The average molecular weight is 265 g/mol. The van der Waals surface area contributed by atoms with E-state index >= 15 is 0 Å². The Kier molecular flexibility index (Phi) is 3.28. The third kappa shape index (κ3) is 2.58. The molecule has 5 nitrogen and oxygen atoms in total. The van der Waals surface area contributed by atoms with Crippen molar-refractivity contribution >= 4 is 11.6 Å². The molecule has 2 aromatic rings. The van der Waals surface area contributed by atoms with Crippen LogP contribution in [-0.2, 0) is 0 Å². The van der Waals surface area contributed by atoms with Crippen LogP contribution in [0.25, 0.3) is 5.65 Å². The van der Waals surface area contributed by atoms with Gasteiger partial charge in [0.1, 0.15) is 17.2 Å². The van der Waals surface area contributed by atoms with Gasteiger partial charge in [-0.05, 0) is 32.9 Å². The fourth-order valence-electron chi connectivity index (χ4n) is 1.82. The van der Waals surface area contributed by atoms with Crippen molar-refractivity contribution < 1.29 is 14.3 Å². The fourth-order valence-corrected chi connectivity index (χ4v) is 1.82. The van der Waals surface area contributed by atoms with Crippen molar-refractivity contribution in [2.24, 2.45) is 0 Å². The quantitative estimate of drug-likeness (QED) is 0.878. The zero-order chi connectivity index (χ0) is 14.2. The first-order valence-corrected chi connectivity index (χ1v) is 5.91. The maximum absolute atomic E-state index is 13.3. The van der Waals surface area contributed by atoms with Gasteiger partial charge in [-0.1, -0.05) is 0 Å². The lowest BCUT2D eigenvalue weighted by molar-refractivity contribution is 0.0862. The standard InChI is InChI=1S/C13H16FN3O2/c1-8-11(12(19)16-13(2,3)7-18)17-6-9(14)4-5-10(17)15-8/h4-6,18H,7H2,1-3H3,(H,16,19). The van der Waals surface area contributed by atoms with E-state index in [9.17, 15) is 9.18 Å². The maximum atomic E-state index is 13.3.